The van der Waals surface area contributed by atoms with E-state index < -0.39 is 5.91 Å². The largest absolute Gasteiger partial charge is 0.353 e. The SMILES string of the molecule is CC(C)CC(CC(C)N1C(C)NN(C)C1C(C)C)N(C)C(O)(O)CCc1ccccc1. The highest BCUT2D eigenvalue weighted by molar-refractivity contribution is 5.14. The molecular formula is C25H46N4O2. The maximum absolute atomic E-state index is 11.0. The monoisotopic (exact) mass is 434 g/mol. The smallest absolute Gasteiger partial charge is 0.225 e. The molecule has 1 fully saturated rings. The molecule has 1 aromatic rings. The summed E-state index contributed by atoms with van der Waals surface area (Å²) in [6, 6.07) is 10.4. The van der Waals surface area contributed by atoms with Crippen LogP contribution in [0.15, 0.2) is 30.3 Å². The summed E-state index contributed by atoms with van der Waals surface area (Å²) in [6.45, 7) is 13.4. The number of hydrazine groups is 1. The van der Waals surface area contributed by atoms with Crippen molar-refractivity contribution in [3.8, 4) is 0 Å². The zero-order chi connectivity index (χ0) is 23.3. The Labute approximate surface area is 190 Å². The molecule has 4 atom stereocenters. The molecule has 1 aliphatic heterocycles. The van der Waals surface area contributed by atoms with Crippen LogP contribution in [-0.4, -0.2) is 69.4 Å². The van der Waals surface area contributed by atoms with Gasteiger partial charge in [0.05, 0.1) is 12.3 Å². The summed E-state index contributed by atoms with van der Waals surface area (Å²) in [7, 11) is 3.98. The average molecular weight is 435 g/mol. The Balaban J connectivity index is 2.12. The van der Waals surface area contributed by atoms with Gasteiger partial charge in [-0.25, -0.2) is 10.4 Å². The van der Waals surface area contributed by atoms with Gasteiger partial charge in [-0.2, -0.15) is 0 Å². The first-order valence-corrected chi connectivity index (χ1v) is 11.9. The quantitative estimate of drug-likeness (QED) is 0.464. The minimum absolute atomic E-state index is 0.0756. The van der Waals surface area contributed by atoms with Crippen LogP contribution in [0.1, 0.15) is 66.4 Å². The molecule has 0 aliphatic carbocycles. The van der Waals surface area contributed by atoms with Gasteiger partial charge in [0.15, 0.2) is 0 Å². The molecular weight excluding hydrogens is 388 g/mol. The van der Waals surface area contributed by atoms with Gasteiger partial charge in [-0.15, -0.1) is 0 Å². The lowest BCUT2D eigenvalue weighted by Crippen LogP contribution is -2.55. The van der Waals surface area contributed by atoms with Gasteiger partial charge in [-0.1, -0.05) is 58.0 Å². The molecule has 6 heteroatoms. The molecule has 1 saturated heterocycles. The van der Waals surface area contributed by atoms with Crippen LogP contribution < -0.4 is 5.43 Å². The maximum atomic E-state index is 11.0. The van der Waals surface area contributed by atoms with Crippen LogP contribution in [0, 0.1) is 11.8 Å². The van der Waals surface area contributed by atoms with Crippen molar-refractivity contribution >= 4 is 0 Å². The summed E-state index contributed by atoms with van der Waals surface area (Å²) in [5, 5.41) is 24.2. The number of nitrogens with one attached hydrogen (secondary N) is 1. The summed E-state index contributed by atoms with van der Waals surface area (Å²) in [6.07, 6.45) is 3.30. The second kappa shape index (κ2) is 11.2. The molecule has 31 heavy (non-hydrogen) atoms. The van der Waals surface area contributed by atoms with Crippen LogP contribution in [0.2, 0.25) is 0 Å². The van der Waals surface area contributed by atoms with E-state index in [0.29, 0.717) is 30.5 Å². The summed E-state index contributed by atoms with van der Waals surface area (Å²) < 4.78 is 0. The van der Waals surface area contributed by atoms with Crippen LogP contribution in [0.3, 0.4) is 0 Å². The summed E-state index contributed by atoms with van der Waals surface area (Å²) >= 11 is 0. The standard InChI is InChI=1S/C25H46N4O2/c1-18(2)16-23(17-20(5)29-21(6)26-28(8)24(29)19(3)4)27(7)25(30,31)15-14-22-12-10-9-11-13-22/h9-13,18-21,23-24,26,30-31H,14-17H2,1-8H3. The van der Waals surface area contributed by atoms with Crippen LogP contribution >= 0.6 is 0 Å². The molecule has 0 spiro atoms. The van der Waals surface area contributed by atoms with E-state index in [4.69, 9.17) is 0 Å². The van der Waals surface area contributed by atoms with E-state index in [1.165, 1.54) is 0 Å². The lowest BCUT2D eigenvalue weighted by Gasteiger charge is -2.43. The van der Waals surface area contributed by atoms with Gasteiger partial charge in [0.25, 0.3) is 0 Å². The van der Waals surface area contributed by atoms with E-state index in [1.54, 1.807) is 4.90 Å². The van der Waals surface area contributed by atoms with E-state index in [9.17, 15) is 10.2 Å². The highest BCUT2D eigenvalue weighted by Gasteiger charge is 2.41. The molecule has 2 rings (SSSR count). The van der Waals surface area contributed by atoms with Crippen molar-refractivity contribution < 1.29 is 10.2 Å². The van der Waals surface area contributed by atoms with E-state index in [2.05, 4.69) is 63.9 Å². The fourth-order valence-electron chi connectivity index (χ4n) is 5.20. The molecule has 3 N–H and O–H groups in total. The van der Waals surface area contributed by atoms with Gasteiger partial charge in [0.2, 0.25) is 5.91 Å². The Morgan fingerprint density at radius 2 is 1.68 bits per heavy atom. The zero-order valence-corrected chi connectivity index (χ0v) is 20.9. The molecule has 0 bridgehead atoms. The summed E-state index contributed by atoms with van der Waals surface area (Å²) in [4.78, 5) is 4.33. The van der Waals surface area contributed by atoms with Gasteiger partial charge in [-0.3, -0.25) is 9.80 Å². The first kappa shape index (κ1) is 26.2. The van der Waals surface area contributed by atoms with Crippen molar-refractivity contribution in [2.75, 3.05) is 14.1 Å². The second-order valence-corrected chi connectivity index (χ2v) is 10.3. The third-order valence-electron chi connectivity index (χ3n) is 6.71. The highest BCUT2D eigenvalue weighted by Crippen LogP contribution is 2.30. The number of aliphatic hydroxyl groups is 2. The predicted octanol–water partition coefficient (Wildman–Crippen LogP) is 3.46. The number of nitrogens with zero attached hydrogens (tertiary/aromatic N) is 3. The Hall–Kier alpha value is -1.02. The van der Waals surface area contributed by atoms with Gasteiger partial charge >= 0.3 is 0 Å². The van der Waals surface area contributed by atoms with Crippen molar-refractivity contribution in [3.05, 3.63) is 35.9 Å². The molecule has 4 unspecified atom stereocenters. The van der Waals surface area contributed by atoms with Crippen LogP contribution in [0.5, 0.6) is 0 Å². The first-order valence-electron chi connectivity index (χ1n) is 11.9. The van der Waals surface area contributed by atoms with E-state index in [0.717, 1.165) is 18.4 Å². The molecule has 1 aromatic carbocycles. The van der Waals surface area contributed by atoms with Crippen molar-refractivity contribution in [1.29, 1.82) is 0 Å². The fourth-order valence-corrected chi connectivity index (χ4v) is 5.20. The molecule has 1 aliphatic rings. The maximum Gasteiger partial charge on any atom is 0.225 e. The minimum atomic E-state index is -1.84. The Morgan fingerprint density at radius 3 is 2.23 bits per heavy atom. The average Bonchev–Trinajstić information content (AvgIpc) is 2.99. The molecule has 0 radical (unpaired) electrons. The van der Waals surface area contributed by atoms with E-state index in [-0.39, 0.29) is 18.6 Å². The van der Waals surface area contributed by atoms with Crippen molar-refractivity contribution in [2.45, 2.75) is 97.6 Å². The van der Waals surface area contributed by atoms with Crippen LogP contribution in [0.4, 0.5) is 0 Å². The van der Waals surface area contributed by atoms with Crippen LogP contribution in [0.25, 0.3) is 0 Å². The molecule has 0 aromatic heterocycles. The molecule has 178 valence electrons. The van der Waals surface area contributed by atoms with E-state index >= 15 is 0 Å². The first-order chi connectivity index (χ1) is 14.4. The molecule has 1 heterocycles. The Morgan fingerprint density at radius 1 is 1.06 bits per heavy atom. The van der Waals surface area contributed by atoms with E-state index in [1.807, 2.05) is 37.4 Å². The van der Waals surface area contributed by atoms with Crippen molar-refractivity contribution in [3.63, 3.8) is 0 Å². The lowest BCUT2D eigenvalue weighted by molar-refractivity contribution is -0.273. The van der Waals surface area contributed by atoms with Gasteiger partial charge < -0.3 is 10.2 Å². The number of rotatable bonds is 11. The molecule has 0 amide bonds. The van der Waals surface area contributed by atoms with Crippen molar-refractivity contribution in [2.24, 2.45) is 11.8 Å². The number of benzene rings is 1. The van der Waals surface area contributed by atoms with Crippen LogP contribution in [-0.2, 0) is 6.42 Å². The van der Waals surface area contributed by atoms with Gasteiger partial charge in [0, 0.05) is 25.6 Å². The fraction of sp³-hybridized carbons (Fsp3) is 0.760. The Kier molecular flexibility index (Phi) is 9.49. The number of hydrogen-bond acceptors (Lipinski definition) is 6. The molecule has 6 nitrogen and oxygen atoms in total. The highest BCUT2D eigenvalue weighted by atomic mass is 16.5. The van der Waals surface area contributed by atoms with Crippen molar-refractivity contribution in [1.82, 2.24) is 20.2 Å². The lowest BCUT2D eigenvalue weighted by atomic mass is 9.94. The number of aryl methyl sites for hydroxylation is 1. The van der Waals surface area contributed by atoms with Gasteiger partial charge in [0.1, 0.15) is 0 Å². The topological polar surface area (TPSA) is 62.2 Å². The number of hydrogen-bond donors (Lipinski definition) is 3. The summed E-state index contributed by atoms with van der Waals surface area (Å²) in [5.74, 6) is -0.868. The third-order valence-corrected chi connectivity index (χ3v) is 6.71. The van der Waals surface area contributed by atoms with Gasteiger partial charge in [-0.05, 0) is 57.6 Å². The Bertz CT molecular complexity index is 652. The minimum Gasteiger partial charge on any atom is -0.353 e. The summed E-state index contributed by atoms with van der Waals surface area (Å²) in [5.41, 5.74) is 4.66. The zero-order valence-electron chi connectivity index (χ0n) is 20.9. The predicted molar refractivity (Wildman–Crippen MR) is 128 cm³/mol. The normalized spacial score (nSPS) is 23.3. The second-order valence-electron chi connectivity index (χ2n) is 10.3. The third kappa shape index (κ3) is 6.98. The molecule has 0 saturated carbocycles.